The molecular weight excluding hydrogens is 453 g/mol. The lowest BCUT2D eigenvalue weighted by atomic mass is 9.98. The third-order valence-corrected chi connectivity index (χ3v) is 5.68. The van der Waals surface area contributed by atoms with Gasteiger partial charge in [0.15, 0.2) is 0 Å². The molecular formula is C25H20FN5O4. The SMILES string of the molecule is COC(=O)Nc1nc2ccc(-c3cc(Cc4n[nH]c(=O)c5ccc(OC)cc45)ccc3F)cc2[nH]1. The molecule has 5 rings (SSSR count). The van der Waals surface area contributed by atoms with Crippen LogP contribution in [0.5, 0.6) is 5.75 Å². The second-order valence-electron chi connectivity index (χ2n) is 7.84. The average molecular weight is 473 g/mol. The van der Waals surface area contributed by atoms with Crippen LogP contribution in [0.15, 0.2) is 59.4 Å². The van der Waals surface area contributed by atoms with Crippen LogP contribution < -0.4 is 15.6 Å². The van der Waals surface area contributed by atoms with Crippen LogP contribution in [0.25, 0.3) is 32.9 Å². The Balaban J connectivity index is 1.51. The molecule has 2 heterocycles. The van der Waals surface area contributed by atoms with E-state index in [0.717, 1.165) is 5.56 Å². The van der Waals surface area contributed by atoms with E-state index in [2.05, 4.69) is 30.2 Å². The third-order valence-electron chi connectivity index (χ3n) is 5.68. The Kier molecular flexibility index (Phi) is 5.61. The van der Waals surface area contributed by atoms with Gasteiger partial charge < -0.3 is 14.5 Å². The van der Waals surface area contributed by atoms with E-state index >= 15 is 0 Å². The molecule has 0 bridgehead atoms. The van der Waals surface area contributed by atoms with Crippen molar-refractivity contribution in [3.05, 3.63) is 82.0 Å². The van der Waals surface area contributed by atoms with Gasteiger partial charge in [-0.15, -0.1) is 0 Å². The van der Waals surface area contributed by atoms with Crippen LogP contribution in [0.4, 0.5) is 15.1 Å². The molecule has 0 saturated carbocycles. The fraction of sp³-hybridized carbons (Fsp3) is 0.120. The molecule has 35 heavy (non-hydrogen) atoms. The van der Waals surface area contributed by atoms with Crippen molar-refractivity contribution in [2.75, 3.05) is 19.5 Å². The second kappa shape index (κ2) is 8.90. The quantitative estimate of drug-likeness (QED) is 0.348. The first-order valence-corrected chi connectivity index (χ1v) is 10.6. The summed E-state index contributed by atoms with van der Waals surface area (Å²) in [6.45, 7) is 0. The number of hydrogen-bond acceptors (Lipinski definition) is 6. The third kappa shape index (κ3) is 4.29. The molecule has 3 N–H and O–H groups in total. The topological polar surface area (TPSA) is 122 Å². The highest BCUT2D eigenvalue weighted by Gasteiger charge is 2.13. The number of imidazole rings is 1. The van der Waals surface area contributed by atoms with Crippen molar-refractivity contribution in [3.63, 3.8) is 0 Å². The van der Waals surface area contributed by atoms with Crippen molar-refractivity contribution >= 4 is 33.8 Å². The highest BCUT2D eigenvalue weighted by atomic mass is 19.1. The van der Waals surface area contributed by atoms with Gasteiger partial charge in [0.25, 0.3) is 5.56 Å². The minimum atomic E-state index is -0.649. The van der Waals surface area contributed by atoms with Crippen LogP contribution in [0, 0.1) is 5.82 Å². The summed E-state index contributed by atoms with van der Waals surface area (Å²) in [5, 5.41) is 10.4. The lowest BCUT2D eigenvalue weighted by molar-refractivity contribution is 0.186. The number of amides is 1. The number of hydrogen-bond donors (Lipinski definition) is 3. The smallest absolute Gasteiger partial charge is 0.413 e. The van der Waals surface area contributed by atoms with Crippen LogP contribution in [0.3, 0.4) is 0 Å². The number of rotatable bonds is 5. The van der Waals surface area contributed by atoms with Gasteiger partial charge in [-0.05, 0) is 53.6 Å². The van der Waals surface area contributed by atoms with Gasteiger partial charge in [0, 0.05) is 17.4 Å². The highest BCUT2D eigenvalue weighted by Crippen LogP contribution is 2.29. The maximum absolute atomic E-state index is 14.8. The number of ether oxygens (including phenoxy) is 2. The van der Waals surface area contributed by atoms with E-state index in [9.17, 15) is 14.0 Å². The Labute approximate surface area is 197 Å². The lowest BCUT2D eigenvalue weighted by Gasteiger charge is -2.10. The monoisotopic (exact) mass is 473 g/mol. The molecule has 3 aromatic carbocycles. The summed E-state index contributed by atoms with van der Waals surface area (Å²) in [6.07, 6.45) is -0.281. The largest absolute Gasteiger partial charge is 0.497 e. The number of fused-ring (bicyclic) bond motifs is 2. The van der Waals surface area contributed by atoms with E-state index in [1.165, 1.54) is 13.2 Å². The summed E-state index contributed by atoms with van der Waals surface area (Å²) >= 11 is 0. The molecule has 0 aliphatic rings. The molecule has 0 aliphatic heterocycles. The Bertz CT molecular complexity index is 1640. The molecule has 0 atom stereocenters. The van der Waals surface area contributed by atoms with E-state index < -0.39 is 6.09 Å². The molecule has 0 saturated heterocycles. The number of methoxy groups -OCH3 is 2. The van der Waals surface area contributed by atoms with Gasteiger partial charge in [-0.25, -0.2) is 19.3 Å². The number of aromatic amines is 2. The van der Waals surface area contributed by atoms with Crippen LogP contribution in [-0.2, 0) is 11.2 Å². The predicted molar refractivity (Wildman–Crippen MR) is 129 cm³/mol. The zero-order valence-electron chi connectivity index (χ0n) is 18.8. The number of carbonyl (C=O) groups excluding carboxylic acids is 1. The molecule has 10 heteroatoms. The lowest BCUT2D eigenvalue weighted by Crippen LogP contribution is -2.11. The van der Waals surface area contributed by atoms with Crippen LogP contribution >= 0.6 is 0 Å². The number of benzene rings is 3. The average Bonchev–Trinajstić information content (AvgIpc) is 3.27. The molecule has 2 aromatic heterocycles. The van der Waals surface area contributed by atoms with E-state index in [-0.39, 0.29) is 17.3 Å². The Morgan fingerprint density at radius 2 is 1.91 bits per heavy atom. The number of carbonyl (C=O) groups is 1. The molecule has 0 aliphatic carbocycles. The fourth-order valence-corrected chi connectivity index (χ4v) is 3.94. The van der Waals surface area contributed by atoms with Crippen molar-refractivity contribution in [2.24, 2.45) is 0 Å². The van der Waals surface area contributed by atoms with Crippen molar-refractivity contribution in [2.45, 2.75) is 6.42 Å². The molecule has 0 radical (unpaired) electrons. The van der Waals surface area contributed by atoms with E-state index in [1.807, 2.05) is 0 Å². The summed E-state index contributed by atoms with van der Waals surface area (Å²) < 4.78 is 24.7. The highest BCUT2D eigenvalue weighted by molar-refractivity contribution is 5.88. The Morgan fingerprint density at radius 1 is 1.06 bits per heavy atom. The number of H-pyrrole nitrogens is 2. The first kappa shape index (κ1) is 22.1. The van der Waals surface area contributed by atoms with Crippen molar-refractivity contribution in [1.29, 1.82) is 0 Å². The number of nitrogens with one attached hydrogen (secondary N) is 3. The number of aromatic nitrogens is 4. The Morgan fingerprint density at radius 3 is 2.71 bits per heavy atom. The maximum atomic E-state index is 14.8. The van der Waals surface area contributed by atoms with Gasteiger partial charge in [-0.2, -0.15) is 5.10 Å². The molecule has 0 spiro atoms. The van der Waals surface area contributed by atoms with Gasteiger partial charge >= 0.3 is 6.09 Å². The van der Waals surface area contributed by atoms with Crippen LogP contribution in [0.1, 0.15) is 11.3 Å². The summed E-state index contributed by atoms with van der Waals surface area (Å²) in [7, 11) is 2.81. The predicted octanol–water partition coefficient (Wildman–Crippen LogP) is 4.38. The van der Waals surface area contributed by atoms with E-state index in [4.69, 9.17) is 4.74 Å². The molecule has 0 fully saturated rings. The summed E-state index contributed by atoms with van der Waals surface area (Å²) in [4.78, 5) is 30.9. The van der Waals surface area contributed by atoms with E-state index in [1.54, 1.807) is 55.6 Å². The van der Waals surface area contributed by atoms with Gasteiger partial charge in [-0.1, -0.05) is 12.1 Å². The second-order valence-corrected chi connectivity index (χ2v) is 7.84. The van der Waals surface area contributed by atoms with Crippen molar-refractivity contribution in [3.8, 4) is 16.9 Å². The molecule has 1 amide bonds. The molecule has 5 aromatic rings. The summed E-state index contributed by atoms with van der Waals surface area (Å²) in [6, 6.07) is 15.3. The first-order valence-electron chi connectivity index (χ1n) is 10.6. The van der Waals surface area contributed by atoms with Gasteiger partial charge in [0.2, 0.25) is 5.95 Å². The molecule has 9 nitrogen and oxygen atoms in total. The number of anilines is 1. The minimum Gasteiger partial charge on any atom is -0.497 e. The summed E-state index contributed by atoms with van der Waals surface area (Å²) in [5.74, 6) is 0.450. The molecule has 0 unspecified atom stereocenters. The maximum Gasteiger partial charge on any atom is 0.413 e. The van der Waals surface area contributed by atoms with E-state index in [0.29, 0.717) is 50.8 Å². The molecule has 176 valence electrons. The zero-order chi connectivity index (χ0) is 24.5. The van der Waals surface area contributed by atoms with Crippen LogP contribution in [0.2, 0.25) is 0 Å². The first-order chi connectivity index (χ1) is 16.9. The fourth-order valence-electron chi connectivity index (χ4n) is 3.94. The van der Waals surface area contributed by atoms with Crippen molar-refractivity contribution < 1.29 is 18.7 Å². The number of halogens is 1. The minimum absolute atomic E-state index is 0.227. The zero-order valence-corrected chi connectivity index (χ0v) is 18.8. The van der Waals surface area contributed by atoms with Gasteiger partial charge in [0.1, 0.15) is 11.6 Å². The van der Waals surface area contributed by atoms with Gasteiger partial charge in [0.05, 0.1) is 36.3 Å². The number of nitrogens with zero attached hydrogens (tertiary/aromatic N) is 2. The van der Waals surface area contributed by atoms with Gasteiger partial charge in [-0.3, -0.25) is 10.1 Å². The standard InChI is InChI=1S/C25H20FN5O4/c1-34-15-5-6-16-18(12-15)21(30-31-23(16)32)10-13-3-7-19(26)17(9-13)14-4-8-20-22(11-14)28-24(27-20)29-25(33)35-2/h3-9,11-12H,10H2,1-2H3,(H,31,32)(H2,27,28,29,33). The van der Waals surface area contributed by atoms with Crippen LogP contribution in [-0.4, -0.2) is 40.5 Å². The Hall–Kier alpha value is -4.73. The summed E-state index contributed by atoms with van der Waals surface area (Å²) in [5.41, 5.74) is 3.41. The normalized spacial score (nSPS) is 11.1. The van der Waals surface area contributed by atoms with Crippen molar-refractivity contribution in [1.82, 2.24) is 20.2 Å².